The molecule has 0 bridgehead atoms. The lowest BCUT2D eigenvalue weighted by Gasteiger charge is -2.45. The average molecular weight is 555 g/mol. The van der Waals surface area contributed by atoms with Gasteiger partial charge >= 0.3 is 5.97 Å². The van der Waals surface area contributed by atoms with Crippen molar-refractivity contribution in [2.45, 2.75) is 103 Å². The zero-order valence-electron chi connectivity index (χ0n) is 24.2. The number of thioether (sulfide) groups is 1. The molecule has 1 N–H and O–H groups in total. The molecular weight excluding hydrogens is 505 g/mol. The van der Waals surface area contributed by atoms with E-state index in [2.05, 4.69) is 101 Å². The molecule has 0 heterocycles. The maximum atomic E-state index is 11.0. The number of allylic oxidation sites excluding steroid dienone is 1. The average Bonchev–Trinajstić information content (AvgIpc) is 2.90. The predicted molar refractivity (Wildman–Crippen MR) is 168 cm³/mol. The van der Waals surface area contributed by atoms with Gasteiger partial charge in [-0.25, -0.2) is 0 Å². The van der Waals surface area contributed by atoms with Crippen LogP contribution in [0.1, 0.15) is 91.9 Å². The van der Waals surface area contributed by atoms with Gasteiger partial charge in [-0.15, -0.1) is 0 Å². The van der Waals surface area contributed by atoms with Crippen LogP contribution in [0, 0.1) is 0 Å². The fourth-order valence-electron chi connectivity index (χ4n) is 5.05. The van der Waals surface area contributed by atoms with E-state index in [0.29, 0.717) is 5.75 Å². The maximum absolute atomic E-state index is 11.0. The summed E-state index contributed by atoms with van der Waals surface area (Å²) in [6.07, 6.45) is 15.8. The van der Waals surface area contributed by atoms with Gasteiger partial charge in [0.05, 0.1) is 12.5 Å². The first kappa shape index (κ1) is 32.4. The molecule has 2 aromatic rings. The van der Waals surface area contributed by atoms with Crippen LogP contribution in [0.15, 0.2) is 72.8 Å². The first-order valence-corrected chi connectivity index (χ1v) is 17.6. The van der Waals surface area contributed by atoms with Crippen molar-refractivity contribution in [1.29, 1.82) is 0 Å². The highest BCUT2D eigenvalue weighted by Gasteiger charge is 2.51. The van der Waals surface area contributed by atoms with Gasteiger partial charge in [0, 0.05) is 5.75 Å². The molecule has 1 atom stereocenters. The number of unbranched alkanes of at least 4 members (excludes halogenated alkanes) is 6. The maximum Gasteiger partial charge on any atom is 0.304 e. The Morgan fingerprint density at radius 2 is 1.47 bits per heavy atom. The second-order valence-corrected chi connectivity index (χ2v) is 16.7. The molecule has 2 aromatic carbocycles. The normalized spacial score (nSPS) is 13.2. The zero-order valence-corrected chi connectivity index (χ0v) is 26.0. The molecule has 2 rings (SSSR count). The largest absolute Gasteiger partial charge is 0.481 e. The van der Waals surface area contributed by atoms with Gasteiger partial charge in [-0.05, 0) is 46.8 Å². The molecule has 0 amide bonds. The number of rotatable bonds is 19. The molecule has 0 saturated carbocycles. The summed E-state index contributed by atoms with van der Waals surface area (Å²) >= 11 is 1.72. The van der Waals surface area contributed by atoms with E-state index in [1.54, 1.807) is 11.8 Å². The fourth-order valence-corrected chi connectivity index (χ4v) is 10.7. The lowest BCUT2D eigenvalue weighted by atomic mass is 10.1. The summed E-state index contributed by atoms with van der Waals surface area (Å²) in [6, 6.07) is 21.7. The molecule has 0 aliphatic heterocycles. The minimum absolute atomic E-state index is 0.0629. The second-order valence-electron chi connectivity index (χ2n) is 11.2. The van der Waals surface area contributed by atoms with Crippen molar-refractivity contribution in [3.8, 4) is 0 Å². The zero-order chi connectivity index (χ0) is 27.7. The smallest absolute Gasteiger partial charge is 0.304 e. The van der Waals surface area contributed by atoms with Crippen molar-refractivity contribution in [3.63, 3.8) is 0 Å². The van der Waals surface area contributed by atoms with Gasteiger partial charge in [-0.2, -0.15) is 11.8 Å². The van der Waals surface area contributed by atoms with Crippen LogP contribution in [0.25, 0.3) is 0 Å². The number of carboxylic acids is 1. The van der Waals surface area contributed by atoms with E-state index in [0.717, 1.165) is 25.0 Å². The van der Waals surface area contributed by atoms with E-state index in [1.807, 2.05) is 0 Å². The molecule has 0 spiro atoms. The van der Waals surface area contributed by atoms with Gasteiger partial charge in [0.15, 0.2) is 0 Å². The number of aliphatic carboxylic acids is 1. The Morgan fingerprint density at radius 3 is 2.03 bits per heavy atom. The Bertz CT molecular complexity index is 885. The Kier molecular flexibility index (Phi) is 15.1. The molecule has 1 unspecified atom stereocenters. The SMILES string of the molecule is CCCCCCCC/C=C\CC(CCSCCC(=O)O)O[Si](c1ccccc1)(c1ccccc1)C(C)(C)C. The number of carboxylic acid groups (broad SMARTS) is 1. The highest BCUT2D eigenvalue weighted by atomic mass is 32.2. The first-order valence-electron chi connectivity index (χ1n) is 14.5. The standard InChI is InChI=1S/C33H50O3SSi/c1-5-6-7-8-9-10-11-12-15-20-29(25-27-37-28-26-32(34)35)36-38(33(2,3)4,30-21-16-13-17-22-30)31-23-18-14-19-24-31/h12-19,21-24,29H,5-11,20,25-28H2,1-4H3,(H,34,35)/b15-12-. The monoisotopic (exact) mass is 554 g/mol. The van der Waals surface area contributed by atoms with Crippen LogP contribution < -0.4 is 10.4 Å². The Labute approximate surface area is 237 Å². The number of benzene rings is 2. The van der Waals surface area contributed by atoms with Crippen molar-refractivity contribution in [3.05, 3.63) is 72.8 Å². The molecule has 0 fully saturated rings. The lowest BCUT2D eigenvalue weighted by molar-refractivity contribution is -0.136. The van der Waals surface area contributed by atoms with Gasteiger partial charge in [-0.1, -0.05) is 133 Å². The van der Waals surface area contributed by atoms with Crippen molar-refractivity contribution in [2.75, 3.05) is 11.5 Å². The van der Waals surface area contributed by atoms with E-state index in [-0.39, 0.29) is 17.6 Å². The molecular formula is C33H50O3SSi. The molecule has 0 aromatic heterocycles. The lowest BCUT2D eigenvalue weighted by Crippen LogP contribution is -2.67. The van der Waals surface area contributed by atoms with Gasteiger partial charge in [-0.3, -0.25) is 4.79 Å². The topological polar surface area (TPSA) is 46.5 Å². The first-order chi connectivity index (χ1) is 18.3. The van der Waals surface area contributed by atoms with E-state index in [4.69, 9.17) is 9.53 Å². The number of carbonyl (C=O) groups is 1. The quantitative estimate of drug-likeness (QED) is 0.108. The molecule has 3 nitrogen and oxygen atoms in total. The van der Waals surface area contributed by atoms with Crippen molar-refractivity contribution in [2.24, 2.45) is 0 Å². The highest BCUT2D eigenvalue weighted by Crippen LogP contribution is 2.38. The van der Waals surface area contributed by atoms with Crippen molar-refractivity contribution in [1.82, 2.24) is 0 Å². The van der Waals surface area contributed by atoms with E-state index in [1.165, 1.54) is 48.9 Å². The van der Waals surface area contributed by atoms with Crippen molar-refractivity contribution >= 4 is 36.4 Å². The Morgan fingerprint density at radius 1 is 0.895 bits per heavy atom. The van der Waals surface area contributed by atoms with Crippen molar-refractivity contribution < 1.29 is 14.3 Å². The van der Waals surface area contributed by atoms with E-state index in [9.17, 15) is 4.79 Å². The summed E-state index contributed by atoms with van der Waals surface area (Å²) in [4.78, 5) is 11.0. The van der Waals surface area contributed by atoms with Crippen LogP contribution in [0.2, 0.25) is 5.04 Å². The van der Waals surface area contributed by atoms with E-state index < -0.39 is 14.3 Å². The predicted octanol–water partition coefficient (Wildman–Crippen LogP) is 8.23. The van der Waals surface area contributed by atoms with E-state index >= 15 is 0 Å². The minimum Gasteiger partial charge on any atom is -0.481 e. The van der Waals surface area contributed by atoms with Crippen LogP contribution in [0.4, 0.5) is 0 Å². The summed E-state index contributed by atoms with van der Waals surface area (Å²) in [5.41, 5.74) is 0. The Balaban J connectivity index is 2.23. The van der Waals surface area contributed by atoms with Gasteiger partial charge in [0.1, 0.15) is 0 Å². The van der Waals surface area contributed by atoms with Crippen LogP contribution in [0.5, 0.6) is 0 Å². The summed E-state index contributed by atoms with van der Waals surface area (Å²) in [5, 5.41) is 11.6. The molecule has 5 heteroatoms. The number of hydrogen-bond acceptors (Lipinski definition) is 3. The fraction of sp³-hybridized carbons (Fsp3) is 0.545. The van der Waals surface area contributed by atoms with Gasteiger partial charge in [0.25, 0.3) is 8.32 Å². The van der Waals surface area contributed by atoms with Crippen LogP contribution in [-0.4, -0.2) is 37.0 Å². The summed E-state index contributed by atoms with van der Waals surface area (Å²) < 4.78 is 7.43. The summed E-state index contributed by atoms with van der Waals surface area (Å²) in [7, 11) is -2.63. The van der Waals surface area contributed by atoms with Gasteiger partial charge in [0.2, 0.25) is 0 Å². The summed E-state index contributed by atoms with van der Waals surface area (Å²) in [5.74, 6) is 0.826. The molecule has 0 aliphatic carbocycles. The second kappa shape index (κ2) is 17.7. The Hall–Kier alpha value is -1.82. The molecule has 0 radical (unpaired) electrons. The van der Waals surface area contributed by atoms with Crippen LogP contribution in [-0.2, 0) is 9.22 Å². The highest BCUT2D eigenvalue weighted by molar-refractivity contribution is 7.99. The molecule has 210 valence electrons. The molecule has 0 saturated heterocycles. The molecule has 0 aliphatic rings. The number of hydrogen-bond donors (Lipinski definition) is 1. The third-order valence-corrected chi connectivity index (χ3v) is 13.2. The molecule has 38 heavy (non-hydrogen) atoms. The third-order valence-electron chi connectivity index (χ3n) is 7.09. The van der Waals surface area contributed by atoms with Gasteiger partial charge < -0.3 is 9.53 Å². The minimum atomic E-state index is -2.63. The summed E-state index contributed by atoms with van der Waals surface area (Å²) in [6.45, 7) is 9.24. The third kappa shape index (κ3) is 10.7. The van der Waals surface area contributed by atoms with Crippen LogP contribution >= 0.6 is 11.8 Å². The van der Waals surface area contributed by atoms with Crippen LogP contribution in [0.3, 0.4) is 0 Å².